The van der Waals surface area contributed by atoms with Crippen molar-refractivity contribution in [1.82, 2.24) is 5.32 Å². The predicted octanol–water partition coefficient (Wildman–Crippen LogP) is 2.92. The molecule has 0 atom stereocenters. The van der Waals surface area contributed by atoms with E-state index in [2.05, 4.69) is 10.1 Å². The van der Waals surface area contributed by atoms with Crippen molar-refractivity contribution in [2.24, 2.45) is 0 Å². The third-order valence-corrected chi connectivity index (χ3v) is 3.65. The van der Waals surface area contributed by atoms with Crippen LogP contribution >= 0.6 is 0 Å². The van der Waals surface area contributed by atoms with Gasteiger partial charge in [-0.2, -0.15) is 8.78 Å². The maximum Gasteiger partial charge on any atom is 0.387 e. The lowest BCUT2D eigenvalue weighted by molar-refractivity contribution is -0.143. The molecule has 29 heavy (non-hydrogen) atoms. The molecule has 0 unspecified atom stereocenters. The maximum atomic E-state index is 13.6. The zero-order valence-electron chi connectivity index (χ0n) is 15.5. The number of alkyl halides is 2. The number of rotatable bonds is 9. The van der Waals surface area contributed by atoms with Crippen LogP contribution in [0.5, 0.6) is 17.2 Å². The van der Waals surface area contributed by atoms with Gasteiger partial charge in [-0.15, -0.1) is 0 Å². The van der Waals surface area contributed by atoms with Crippen LogP contribution in [-0.2, 0) is 16.1 Å². The van der Waals surface area contributed by atoms with Crippen molar-refractivity contribution in [3.05, 3.63) is 53.3 Å². The molecule has 0 saturated heterocycles. The van der Waals surface area contributed by atoms with E-state index in [-0.39, 0.29) is 29.4 Å². The molecule has 0 fully saturated rings. The van der Waals surface area contributed by atoms with Gasteiger partial charge in [0.2, 0.25) is 0 Å². The van der Waals surface area contributed by atoms with Crippen LogP contribution in [-0.4, -0.2) is 39.3 Å². The lowest BCUT2D eigenvalue weighted by Gasteiger charge is -2.11. The van der Waals surface area contributed by atoms with Crippen LogP contribution in [0.3, 0.4) is 0 Å². The first-order chi connectivity index (χ1) is 13.8. The SMILES string of the molecule is COc1ccc(COC(=O)CNC(=O)c2ccc(OC(F)F)c(OC)c2)cc1F. The molecule has 0 spiro atoms. The number of benzene rings is 2. The third kappa shape index (κ3) is 6.30. The van der Waals surface area contributed by atoms with Gasteiger partial charge in [-0.25, -0.2) is 4.39 Å². The Kier molecular flexibility index (Phi) is 7.70. The second-order valence-electron chi connectivity index (χ2n) is 5.56. The van der Waals surface area contributed by atoms with E-state index in [1.165, 1.54) is 44.6 Å². The van der Waals surface area contributed by atoms with Crippen molar-refractivity contribution >= 4 is 11.9 Å². The summed E-state index contributed by atoms with van der Waals surface area (Å²) in [6, 6.07) is 7.67. The number of hydrogen-bond donors (Lipinski definition) is 1. The van der Waals surface area contributed by atoms with Gasteiger partial charge in [0.05, 0.1) is 14.2 Å². The smallest absolute Gasteiger partial charge is 0.387 e. The number of carbonyl (C=O) groups is 2. The van der Waals surface area contributed by atoms with E-state index in [9.17, 15) is 22.8 Å². The zero-order chi connectivity index (χ0) is 21.4. The number of esters is 1. The van der Waals surface area contributed by atoms with E-state index in [0.717, 1.165) is 6.07 Å². The summed E-state index contributed by atoms with van der Waals surface area (Å²) in [4.78, 5) is 23.9. The van der Waals surface area contributed by atoms with Gasteiger partial charge in [0.25, 0.3) is 5.91 Å². The van der Waals surface area contributed by atoms with Crippen LogP contribution in [0.2, 0.25) is 0 Å². The van der Waals surface area contributed by atoms with Gasteiger partial charge in [0.1, 0.15) is 13.2 Å². The number of carbonyl (C=O) groups excluding carboxylic acids is 2. The predicted molar refractivity (Wildman–Crippen MR) is 94.7 cm³/mol. The molecular weight excluding hydrogens is 395 g/mol. The molecular formula is C19H18F3NO6. The van der Waals surface area contributed by atoms with Crippen molar-refractivity contribution in [1.29, 1.82) is 0 Å². The van der Waals surface area contributed by atoms with Gasteiger partial charge in [0, 0.05) is 5.56 Å². The third-order valence-electron chi connectivity index (χ3n) is 3.65. The molecule has 0 aliphatic heterocycles. The molecule has 0 saturated carbocycles. The van der Waals surface area contributed by atoms with E-state index in [4.69, 9.17) is 14.2 Å². The second-order valence-corrected chi connectivity index (χ2v) is 5.56. The first-order valence-electron chi connectivity index (χ1n) is 8.23. The van der Waals surface area contributed by atoms with E-state index in [1.54, 1.807) is 0 Å². The van der Waals surface area contributed by atoms with Crippen LogP contribution in [0, 0.1) is 5.82 Å². The standard InChI is InChI=1S/C19H18F3NO6/c1-26-14-5-3-11(7-13(14)20)10-28-17(24)9-23-18(25)12-4-6-15(29-19(21)22)16(8-12)27-2/h3-8,19H,9-10H2,1-2H3,(H,23,25). The number of ether oxygens (including phenoxy) is 4. The summed E-state index contributed by atoms with van der Waals surface area (Å²) in [6.07, 6.45) is 0. The molecule has 0 aliphatic rings. The first kappa shape index (κ1) is 21.9. The van der Waals surface area contributed by atoms with Gasteiger partial charge in [-0.05, 0) is 35.9 Å². The topological polar surface area (TPSA) is 83.1 Å². The van der Waals surface area contributed by atoms with Crippen LogP contribution in [0.15, 0.2) is 36.4 Å². The Morgan fingerprint density at radius 3 is 2.31 bits per heavy atom. The van der Waals surface area contributed by atoms with Gasteiger partial charge in [-0.3, -0.25) is 9.59 Å². The number of nitrogens with one attached hydrogen (secondary N) is 1. The molecule has 0 radical (unpaired) electrons. The maximum absolute atomic E-state index is 13.6. The minimum atomic E-state index is -3.04. The van der Waals surface area contributed by atoms with Gasteiger partial charge < -0.3 is 24.3 Å². The lowest BCUT2D eigenvalue weighted by atomic mass is 10.2. The number of halogens is 3. The van der Waals surface area contributed by atoms with E-state index in [0.29, 0.717) is 5.56 Å². The lowest BCUT2D eigenvalue weighted by Crippen LogP contribution is -2.30. The molecule has 2 rings (SSSR count). The van der Waals surface area contributed by atoms with Crippen LogP contribution in [0.1, 0.15) is 15.9 Å². The fourth-order valence-corrected chi connectivity index (χ4v) is 2.27. The summed E-state index contributed by atoms with van der Waals surface area (Å²) in [5.74, 6) is -2.24. The highest BCUT2D eigenvalue weighted by Gasteiger charge is 2.15. The van der Waals surface area contributed by atoms with Crippen molar-refractivity contribution in [2.45, 2.75) is 13.2 Å². The Labute approximate surface area is 164 Å². The Hall–Kier alpha value is -3.43. The minimum absolute atomic E-state index is 0.0627. The Morgan fingerprint density at radius 1 is 1.00 bits per heavy atom. The van der Waals surface area contributed by atoms with Crippen LogP contribution in [0.25, 0.3) is 0 Å². The summed E-state index contributed by atoms with van der Waals surface area (Å²) in [5.41, 5.74) is 0.468. The van der Waals surface area contributed by atoms with E-state index < -0.39 is 30.8 Å². The molecule has 7 nitrogen and oxygen atoms in total. The quantitative estimate of drug-likeness (QED) is 0.637. The number of hydrogen-bond acceptors (Lipinski definition) is 6. The molecule has 0 bridgehead atoms. The van der Waals surface area contributed by atoms with Crippen molar-refractivity contribution in [3.8, 4) is 17.2 Å². The molecule has 156 valence electrons. The molecule has 0 heterocycles. The molecule has 1 N–H and O–H groups in total. The second kappa shape index (κ2) is 10.2. The van der Waals surface area contributed by atoms with Gasteiger partial charge in [0.15, 0.2) is 23.1 Å². The first-order valence-corrected chi connectivity index (χ1v) is 8.23. The Bertz CT molecular complexity index is 875. The van der Waals surface area contributed by atoms with Gasteiger partial charge >= 0.3 is 12.6 Å². The normalized spacial score (nSPS) is 10.4. The largest absolute Gasteiger partial charge is 0.494 e. The van der Waals surface area contributed by atoms with Gasteiger partial charge in [-0.1, -0.05) is 6.07 Å². The van der Waals surface area contributed by atoms with E-state index in [1.807, 2.05) is 0 Å². The molecule has 0 aromatic heterocycles. The average molecular weight is 413 g/mol. The highest BCUT2D eigenvalue weighted by Crippen LogP contribution is 2.29. The Balaban J connectivity index is 1.88. The van der Waals surface area contributed by atoms with Crippen molar-refractivity contribution in [3.63, 3.8) is 0 Å². The summed E-state index contributed by atoms with van der Waals surface area (Å²) >= 11 is 0. The fourth-order valence-electron chi connectivity index (χ4n) is 2.27. The monoisotopic (exact) mass is 413 g/mol. The molecule has 2 aromatic carbocycles. The van der Waals surface area contributed by atoms with Crippen LogP contribution in [0.4, 0.5) is 13.2 Å². The Morgan fingerprint density at radius 2 is 1.69 bits per heavy atom. The highest BCUT2D eigenvalue weighted by atomic mass is 19.3. The van der Waals surface area contributed by atoms with Crippen LogP contribution < -0.4 is 19.5 Å². The fraction of sp³-hybridized carbons (Fsp3) is 0.263. The highest BCUT2D eigenvalue weighted by molar-refractivity contribution is 5.96. The average Bonchev–Trinajstić information content (AvgIpc) is 2.70. The zero-order valence-corrected chi connectivity index (χ0v) is 15.5. The summed E-state index contributed by atoms with van der Waals surface area (Å²) < 4.78 is 57.2. The number of amides is 1. The summed E-state index contributed by atoms with van der Waals surface area (Å²) in [7, 11) is 2.56. The minimum Gasteiger partial charge on any atom is -0.494 e. The van der Waals surface area contributed by atoms with Crippen molar-refractivity contribution in [2.75, 3.05) is 20.8 Å². The molecule has 0 aliphatic carbocycles. The summed E-state index contributed by atoms with van der Waals surface area (Å²) in [6.45, 7) is -3.68. The molecule has 10 heteroatoms. The van der Waals surface area contributed by atoms with E-state index >= 15 is 0 Å². The molecule has 1 amide bonds. The van der Waals surface area contributed by atoms with Crippen molar-refractivity contribution < 1.29 is 41.7 Å². The number of methoxy groups -OCH3 is 2. The molecule has 2 aromatic rings. The summed E-state index contributed by atoms with van der Waals surface area (Å²) in [5, 5.41) is 2.32.